The van der Waals surface area contributed by atoms with Gasteiger partial charge in [0.2, 0.25) is 5.12 Å². The molecular weight excluding hydrogens is 444 g/mol. The molecule has 1 aliphatic rings. The van der Waals surface area contributed by atoms with Crippen molar-refractivity contribution in [3.63, 3.8) is 0 Å². The molecular formula is C21H24O10S. The molecule has 0 bridgehead atoms. The minimum absolute atomic E-state index is 0.353. The number of hydrogen-bond donors (Lipinski definition) is 0. The predicted octanol–water partition coefficient (Wildman–Crippen LogP) is 1.64. The second-order valence-electron chi connectivity index (χ2n) is 6.84. The van der Waals surface area contributed by atoms with E-state index in [0.29, 0.717) is 17.3 Å². The molecule has 0 aromatic heterocycles. The van der Waals surface area contributed by atoms with Gasteiger partial charge in [0, 0.05) is 33.3 Å². The van der Waals surface area contributed by atoms with Crippen molar-refractivity contribution in [1.82, 2.24) is 0 Å². The van der Waals surface area contributed by atoms with Crippen molar-refractivity contribution >= 4 is 40.8 Å². The van der Waals surface area contributed by atoms with Crippen molar-refractivity contribution in [3.8, 4) is 0 Å². The van der Waals surface area contributed by atoms with Crippen LogP contribution in [0, 0.1) is 0 Å². The molecule has 1 aromatic rings. The quantitative estimate of drug-likeness (QED) is 0.427. The Hall–Kier alpha value is -2.92. The zero-order chi connectivity index (χ0) is 23.8. The first-order valence-electron chi connectivity index (χ1n) is 9.65. The predicted molar refractivity (Wildman–Crippen MR) is 110 cm³/mol. The normalized spacial score (nSPS) is 24.7. The number of rotatable bonds is 7. The number of hydrogen-bond acceptors (Lipinski definition) is 11. The third kappa shape index (κ3) is 7.34. The maximum absolute atomic E-state index is 12.8. The van der Waals surface area contributed by atoms with Crippen LogP contribution in [0.3, 0.4) is 0 Å². The highest BCUT2D eigenvalue weighted by atomic mass is 32.2. The fourth-order valence-corrected chi connectivity index (χ4v) is 4.06. The van der Waals surface area contributed by atoms with Crippen LogP contribution in [0.1, 0.15) is 38.1 Å². The standard InChI is InChI=1S/C21H24O10S/c1-11(22)27-10-16-17(28-12(2)23)18(29-13(3)24)19(30-14(4)25)21(31-16)32-20(26)15-8-6-5-7-9-15/h5-9,16-19,21H,10H2,1-4H3/t16-,17+,18+,19-,21+/m0/s1. The summed E-state index contributed by atoms with van der Waals surface area (Å²) in [5, 5.41) is -0.397. The number of benzene rings is 1. The largest absolute Gasteiger partial charge is 0.463 e. The number of esters is 4. The van der Waals surface area contributed by atoms with Crippen LogP contribution in [0.2, 0.25) is 0 Å². The molecule has 1 aromatic carbocycles. The van der Waals surface area contributed by atoms with E-state index in [-0.39, 0.29) is 6.61 Å². The summed E-state index contributed by atoms with van der Waals surface area (Å²) in [4.78, 5) is 59.4. The molecule has 2 rings (SSSR count). The summed E-state index contributed by atoms with van der Waals surface area (Å²) < 4.78 is 26.8. The summed E-state index contributed by atoms with van der Waals surface area (Å²) in [6.07, 6.45) is -4.95. The molecule has 11 heteroatoms. The van der Waals surface area contributed by atoms with Gasteiger partial charge in [0.1, 0.15) is 12.7 Å². The van der Waals surface area contributed by atoms with E-state index < -0.39 is 58.8 Å². The lowest BCUT2D eigenvalue weighted by molar-refractivity contribution is -0.237. The molecule has 0 amide bonds. The van der Waals surface area contributed by atoms with Crippen LogP contribution in [-0.2, 0) is 42.9 Å². The Labute approximate surface area is 188 Å². The van der Waals surface area contributed by atoms with Crippen molar-refractivity contribution in [2.75, 3.05) is 6.61 Å². The molecule has 5 atom stereocenters. The van der Waals surface area contributed by atoms with Crippen LogP contribution in [0.5, 0.6) is 0 Å². The van der Waals surface area contributed by atoms with E-state index in [4.69, 9.17) is 23.7 Å². The van der Waals surface area contributed by atoms with Crippen LogP contribution < -0.4 is 0 Å². The minimum Gasteiger partial charge on any atom is -0.463 e. The fourth-order valence-electron chi connectivity index (χ4n) is 3.03. The van der Waals surface area contributed by atoms with E-state index in [2.05, 4.69) is 0 Å². The maximum atomic E-state index is 12.8. The van der Waals surface area contributed by atoms with Gasteiger partial charge in [-0.25, -0.2) is 0 Å². The molecule has 0 radical (unpaired) electrons. The lowest BCUT2D eigenvalue weighted by atomic mass is 9.99. The summed E-state index contributed by atoms with van der Waals surface area (Å²) in [6, 6.07) is 8.30. The Morgan fingerprint density at radius 3 is 1.84 bits per heavy atom. The summed E-state index contributed by atoms with van der Waals surface area (Å²) in [6.45, 7) is 4.23. The lowest BCUT2D eigenvalue weighted by Crippen LogP contribution is -2.61. The van der Waals surface area contributed by atoms with Crippen LogP contribution in [-0.4, -0.2) is 65.5 Å². The van der Waals surface area contributed by atoms with Gasteiger partial charge in [0.15, 0.2) is 23.7 Å². The maximum Gasteiger partial charge on any atom is 0.303 e. The first-order chi connectivity index (χ1) is 15.1. The lowest BCUT2D eigenvalue weighted by Gasteiger charge is -2.43. The highest BCUT2D eigenvalue weighted by Gasteiger charge is 2.53. The van der Waals surface area contributed by atoms with Gasteiger partial charge >= 0.3 is 23.9 Å². The van der Waals surface area contributed by atoms with Crippen molar-refractivity contribution in [1.29, 1.82) is 0 Å². The number of thioether (sulfide) groups is 1. The van der Waals surface area contributed by atoms with Gasteiger partial charge < -0.3 is 23.7 Å². The van der Waals surface area contributed by atoms with Gasteiger partial charge in [-0.1, -0.05) is 30.3 Å². The van der Waals surface area contributed by atoms with E-state index in [1.165, 1.54) is 6.92 Å². The Bertz CT molecular complexity index is 855. The van der Waals surface area contributed by atoms with Crippen LogP contribution in [0.4, 0.5) is 0 Å². The highest BCUT2D eigenvalue weighted by molar-refractivity contribution is 8.14. The van der Waals surface area contributed by atoms with E-state index in [1.807, 2.05) is 0 Å². The molecule has 174 valence electrons. The summed E-state index contributed by atoms with van der Waals surface area (Å²) >= 11 is 0.703. The molecule has 1 aliphatic heterocycles. The number of carbonyl (C=O) groups excluding carboxylic acids is 5. The molecule has 32 heavy (non-hydrogen) atoms. The topological polar surface area (TPSA) is 132 Å². The summed E-state index contributed by atoms with van der Waals surface area (Å²) in [5.74, 6) is -2.81. The zero-order valence-electron chi connectivity index (χ0n) is 18.0. The Kier molecular flexibility index (Phi) is 9.21. The average molecular weight is 468 g/mol. The molecule has 0 aliphatic carbocycles. The fraction of sp³-hybridized carbons (Fsp3) is 0.476. The third-order valence-electron chi connectivity index (χ3n) is 4.18. The van der Waals surface area contributed by atoms with E-state index in [0.717, 1.165) is 20.8 Å². The van der Waals surface area contributed by atoms with Gasteiger partial charge in [-0.15, -0.1) is 0 Å². The first kappa shape index (κ1) is 25.3. The summed E-state index contributed by atoms with van der Waals surface area (Å²) in [7, 11) is 0. The Balaban J connectivity index is 2.42. The highest BCUT2D eigenvalue weighted by Crippen LogP contribution is 2.35. The molecule has 1 heterocycles. The van der Waals surface area contributed by atoms with Crippen molar-refractivity contribution in [3.05, 3.63) is 35.9 Å². The monoisotopic (exact) mass is 468 g/mol. The van der Waals surface area contributed by atoms with Crippen molar-refractivity contribution < 1.29 is 47.7 Å². The van der Waals surface area contributed by atoms with E-state index in [1.54, 1.807) is 30.3 Å². The second kappa shape index (κ2) is 11.6. The molecule has 0 unspecified atom stereocenters. The molecule has 1 saturated heterocycles. The van der Waals surface area contributed by atoms with Gasteiger partial charge in [0.05, 0.1) is 0 Å². The number of ether oxygens (including phenoxy) is 5. The molecule has 0 saturated carbocycles. The Morgan fingerprint density at radius 2 is 1.31 bits per heavy atom. The third-order valence-corrected chi connectivity index (χ3v) is 5.24. The SMILES string of the molecule is CC(=O)OC[C@@H]1O[C@H](SC(=O)c2ccccc2)[C@@H](OC(C)=O)[C@H](OC(C)=O)[C@@H]1OC(C)=O. The van der Waals surface area contributed by atoms with Crippen LogP contribution in [0.15, 0.2) is 30.3 Å². The first-order valence-corrected chi connectivity index (χ1v) is 10.5. The number of carbonyl (C=O) groups is 5. The van der Waals surface area contributed by atoms with Gasteiger partial charge in [0.25, 0.3) is 0 Å². The smallest absolute Gasteiger partial charge is 0.303 e. The zero-order valence-corrected chi connectivity index (χ0v) is 18.8. The molecule has 0 spiro atoms. The van der Waals surface area contributed by atoms with Crippen LogP contribution >= 0.6 is 11.8 Å². The molecule has 1 fully saturated rings. The van der Waals surface area contributed by atoms with E-state index in [9.17, 15) is 24.0 Å². The summed E-state index contributed by atoms with van der Waals surface area (Å²) in [5.41, 5.74) is -0.784. The van der Waals surface area contributed by atoms with Crippen molar-refractivity contribution in [2.24, 2.45) is 0 Å². The van der Waals surface area contributed by atoms with Gasteiger partial charge in [-0.2, -0.15) is 0 Å². The van der Waals surface area contributed by atoms with Crippen molar-refractivity contribution in [2.45, 2.75) is 57.5 Å². The molecule has 0 N–H and O–H groups in total. The molecule has 10 nitrogen and oxygen atoms in total. The van der Waals surface area contributed by atoms with Gasteiger partial charge in [-0.3, -0.25) is 24.0 Å². The van der Waals surface area contributed by atoms with E-state index >= 15 is 0 Å². The van der Waals surface area contributed by atoms with Crippen LogP contribution in [0.25, 0.3) is 0 Å². The average Bonchev–Trinajstić information content (AvgIpc) is 2.70. The second-order valence-corrected chi connectivity index (χ2v) is 7.91. The minimum atomic E-state index is -1.31. The Morgan fingerprint density at radius 1 is 0.781 bits per heavy atom. The van der Waals surface area contributed by atoms with Gasteiger partial charge in [-0.05, 0) is 11.8 Å².